The SMILES string of the molecule is CC(=O)OCc1cc(=O)oc2cc(O)c(-c3ccc(O)cc3)cc12. The molecule has 2 N–H and O–H groups in total. The Kier molecular flexibility index (Phi) is 3.95. The van der Waals surface area contributed by atoms with Crippen molar-refractivity contribution in [2.75, 3.05) is 0 Å². The monoisotopic (exact) mass is 326 g/mol. The Hall–Kier alpha value is -3.28. The van der Waals surface area contributed by atoms with E-state index in [-0.39, 0.29) is 23.7 Å². The molecule has 0 radical (unpaired) electrons. The predicted molar refractivity (Wildman–Crippen MR) is 86.7 cm³/mol. The highest BCUT2D eigenvalue weighted by molar-refractivity contribution is 5.89. The molecule has 0 bridgehead atoms. The standard InChI is InChI=1S/C18H14O6/c1-10(19)23-9-12-6-18(22)24-17-8-16(21)14(7-15(12)17)11-2-4-13(20)5-3-11/h2-8,20-21H,9H2,1H3. The number of carbonyl (C=O) groups excluding carboxylic acids is 1. The van der Waals surface area contributed by atoms with E-state index in [2.05, 4.69) is 0 Å². The van der Waals surface area contributed by atoms with Gasteiger partial charge in [-0.05, 0) is 23.8 Å². The molecule has 3 rings (SSSR count). The Labute approximate surface area is 136 Å². The van der Waals surface area contributed by atoms with Crippen LogP contribution in [0.5, 0.6) is 11.5 Å². The van der Waals surface area contributed by atoms with Crippen molar-refractivity contribution < 1.29 is 24.2 Å². The zero-order chi connectivity index (χ0) is 17.3. The minimum absolute atomic E-state index is 0.0685. The largest absolute Gasteiger partial charge is 0.508 e. The molecule has 2 aromatic carbocycles. The number of carbonyl (C=O) groups is 1. The van der Waals surface area contributed by atoms with E-state index in [1.54, 1.807) is 18.2 Å². The van der Waals surface area contributed by atoms with Gasteiger partial charge in [0.15, 0.2) is 0 Å². The van der Waals surface area contributed by atoms with Crippen LogP contribution in [0.3, 0.4) is 0 Å². The van der Waals surface area contributed by atoms with Crippen molar-refractivity contribution >= 4 is 16.9 Å². The lowest BCUT2D eigenvalue weighted by Crippen LogP contribution is -2.05. The quantitative estimate of drug-likeness (QED) is 0.567. The van der Waals surface area contributed by atoms with Crippen molar-refractivity contribution in [3.05, 3.63) is 58.4 Å². The summed E-state index contributed by atoms with van der Waals surface area (Å²) >= 11 is 0. The first-order valence-electron chi connectivity index (χ1n) is 7.16. The third-order valence-electron chi connectivity index (χ3n) is 3.56. The van der Waals surface area contributed by atoms with Crippen LogP contribution in [-0.2, 0) is 16.1 Å². The lowest BCUT2D eigenvalue weighted by atomic mass is 10.0. The molecule has 0 aliphatic rings. The minimum atomic E-state index is -0.596. The molecule has 1 heterocycles. The Morgan fingerprint density at radius 1 is 1.12 bits per heavy atom. The third-order valence-corrected chi connectivity index (χ3v) is 3.56. The molecule has 0 spiro atoms. The summed E-state index contributed by atoms with van der Waals surface area (Å²) in [6.07, 6.45) is 0. The second kappa shape index (κ2) is 6.08. The van der Waals surface area contributed by atoms with Crippen LogP contribution in [-0.4, -0.2) is 16.2 Å². The van der Waals surface area contributed by atoms with E-state index >= 15 is 0 Å². The van der Waals surface area contributed by atoms with Crippen LogP contribution in [0.4, 0.5) is 0 Å². The van der Waals surface area contributed by atoms with Crippen LogP contribution >= 0.6 is 0 Å². The molecule has 6 nitrogen and oxygen atoms in total. The van der Waals surface area contributed by atoms with Gasteiger partial charge >= 0.3 is 11.6 Å². The molecule has 6 heteroatoms. The second-order valence-electron chi connectivity index (χ2n) is 5.28. The van der Waals surface area contributed by atoms with Gasteiger partial charge in [0.05, 0.1) is 0 Å². The molecule has 0 aliphatic carbocycles. The van der Waals surface area contributed by atoms with E-state index in [1.807, 2.05) is 0 Å². The number of benzene rings is 2. The first-order chi connectivity index (χ1) is 11.4. The van der Waals surface area contributed by atoms with Gasteiger partial charge in [-0.1, -0.05) is 12.1 Å². The van der Waals surface area contributed by atoms with Gasteiger partial charge in [0.2, 0.25) is 0 Å². The van der Waals surface area contributed by atoms with E-state index in [1.165, 1.54) is 31.2 Å². The summed E-state index contributed by atoms with van der Waals surface area (Å²) in [5.74, 6) is -0.421. The number of hydrogen-bond donors (Lipinski definition) is 2. The summed E-state index contributed by atoms with van der Waals surface area (Å²) in [6, 6.07) is 10.6. The highest BCUT2D eigenvalue weighted by Crippen LogP contribution is 2.34. The van der Waals surface area contributed by atoms with Crippen molar-refractivity contribution in [2.24, 2.45) is 0 Å². The van der Waals surface area contributed by atoms with Gasteiger partial charge in [0.1, 0.15) is 23.7 Å². The van der Waals surface area contributed by atoms with Gasteiger partial charge in [-0.15, -0.1) is 0 Å². The lowest BCUT2D eigenvalue weighted by molar-refractivity contribution is -0.142. The molecule has 0 unspecified atom stereocenters. The molecular formula is C18H14O6. The number of phenolic OH excluding ortho intramolecular Hbond substituents is 2. The molecule has 24 heavy (non-hydrogen) atoms. The van der Waals surface area contributed by atoms with E-state index in [4.69, 9.17) is 9.15 Å². The molecule has 1 aromatic heterocycles. The summed E-state index contributed by atoms with van der Waals surface area (Å²) in [5.41, 5.74) is 1.26. The van der Waals surface area contributed by atoms with Gasteiger partial charge in [-0.2, -0.15) is 0 Å². The number of phenols is 2. The molecule has 0 saturated heterocycles. The Morgan fingerprint density at radius 2 is 1.83 bits per heavy atom. The first-order valence-corrected chi connectivity index (χ1v) is 7.16. The van der Waals surface area contributed by atoms with Gasteiger partial charge in [-0.25, -0.2) is 4.79 Å². The van der Waals surface area contributed by atoms with Crippen LogP contribution in [0, 0.1) is 0 Å². The number of rotatable bonds is 3. The van der Waals surface area contributed by atoms with E-state index in [9.17, 15) is 19.8 Å². The highest BCUT2D eigenvalue weighted by atomic mass is 16.5. The number of ether oxygens (including phenoxy) is 1. The fraction of sp³-hybridized carbons (Fsp3) is 0.111. The van der Waals surface area contributed by atoms with Crippen LogP contribution in [0.25, 0.3) is 22.1 Å². The zero-order valence-electron chi connectivity index (χ0n) is 12.8. The molecule has 0 fully saturated rings. The zero-order valence-corrected chi connectivity index (χ0v) is 12.8. The van der Waals surface area contributed by atoms with Crippen LogP contribution in [0.2, 0.25) is 0 Å². The minimum Gasteiger partial charge on any atom is -0.508 e. The van der Waals surface area contributed by atoms with Crippen molar-refractivity contribution in [3.63, 3.8) is 0 Å². The molecule has 0 saturated carbocycles. The summed E-state index contributed by atoms with van der Waals surface area (Å²) in [7, 11) is 0. The fourth-order valence-electron chi connectivity index (χ4n) is 2.43. The summed E-state index contributed by atoms with van der Waals surface area (Å²) < 4.78 is 10.1. The molecule has 0 atom stereocenters. The average Bonchev–Trinajstić information content (AvgIpc) is 2.52. The second-order valence-corrected chi connectivity index (χ2v) is 5.28. The van der Waals surface area contributed by atoms with Crippen molar-refractivity contribution in [2.45, 2.75) is 13.5 Å². The van der Waals surface area contributed by atoms with E-state index in [0.29, 0.717) is 22.1 Å². The normalized spacial score (nSPS) is 10.7. The lowest BCUT2D eigenvalue weighted by Gasteiger charge is -2.10. The maximum atomic E-state index is 11.6. The molecule has 0 amide bonds. The Balaban J connectivity index is 2.18. The van der Waals surface area contributed by atoms with Crippen molar-refractivity contribution in [3.8, 4) is 22.6 Å². The van der Waals surface area contributed by atoms with Gasteiger partial charge in [-0.3, -0.25) is 4.79 Å². The van der Waals surface area contributed by atoms with Crippen molar-refractivity contribution in [1.82, 2.24) is 0 Å². The first kappa shape index (κ1) is 15.6. The molecular weight excluding hydrogens is 312 g/mol. The third kappa shape index (κ3) is 3.08. The summed E-state index contributed by atoms with van der Waals surface area (Å²) in [5, 5.41) is 20.2. The van der Waals surface area contributed by atoms with Crippen LogP contribution < -0.4 is 5.63 Å². The Bertz CT molecular complexity index is 969. The van der Waals surface area contributed by atoms with E-state index in [0.717, 1.165) is 0 Å². The van der Waals surface area contributed by atoms with Crippen LogP contribution in [0.15, 0.2) is 51.7 Å². The Morgan fingerprint density at radius 3 is 2.50 bits per heavy atom. The van der Waals surface area contributed by atoms with Gasteiger partial charge in [0.25, 0.3) is 0 Å². The number of fused-ring (bicyclic) bond motifs is 1. The highest BCUT2D eigenvalue weighted by Gasteiger charge is 2.13. The van der Waals surface area contributed by atoms with Gasteiger partial charge < -0.3 is 19.4 Å². The van der Waals surface area contributed by atoms with Gasteiger partial charge in [0, 0.05) is 35.6 Å². The van der Waals surface area contributed by atoms with E-state index < -0.39 is 11.6 Å². The maximum absolute atomic E-state index is 11.6. The maximum Gasteiger partial charge on any atom is 0.336 e. The topological polar surface area (TPSA) is 97.0 Å². The van der Waals surface area contributed by atoms with Crippen LogP contribution in [0.1, 0.15) is 12.5 Å². The number of aromatic hydroxyl groups is 2. The molecule has 0 aliphatic heterocycles. The fourth-order valence-corrected chi connectivity index (χ4v) is 2.43. The molecule has 3 aromatic rings. The van der Waals surface area contributed by atoms with Crippen molar-refractivity contribution in [1.29, 1.82) is 0 Å². The summed E-state index contributed by atoms with van der Waals surface area (Å²) in [6.45, 7) is 1.21. The summed E-state index contributed by atoms with van der Waals surface area (Å²) in [4.78, 5) is 22.7. The molecule has 122 valence electrons. The average molecular weight is 326 g/mol. The number of hydrogen-bond acceptors (Lipinski definition) is 6. The number of esters is 1. The smallest absolute Gasteiger partial charge is 0.336 e. The predicted octanol–water partition coefficient (Wildman–Crippen LogP) is 2.93.